The van der Waals surface area contributed by atoms with E-state index in [1.807, 2.05) is 30.4 Å². The van der Waals surface area contributed by atoms with Crippen molar-refractivity contribution in [2.24, 2.45) is 0 Å². The number of nitrogens with zero attached hydrogens (tertiary/aromatic N) is 2. The van der Waals surface area contributed by atoms with Crippen LogP contribution in [0.1, 0.15) is 70.5 Å². The second-order valence-corrected chi connectivity index (χ2v) is 21.9. The third-order valence-corrected chi connectivity index (χ3v) is 16.3. The smallest absolute Gasteiger partial charge is 0.142 e. The monoisotopic (exact) mass is 1140 g/mol. The Morgan fingerprint density at radius 1 is 0.568 bits per heavy atom. The number of anilines is 2. The van der Waals surface area contributed by atoms with Crippen molar-refractivity contribution in [3.05, 3.63) is 361 Å². The molecule has 2 aromatic heterocycles. The van der Waals surface area contributed by atoms with E-state index in [4.69, 9.17) is 9.15 Å². The Kier molecular flexibility index (Phi) is 17.9. The maximum atomic E-state index is 6.53. The summed E-state index contributed by atoms with van der Waals surface area (Å²) in [6, 6.07) is 64.7. The van der Waals surface area contributed by atoms with Gasteiger partial charge in [-0.15, -0.1) is 6.58 Å². The van der Waals surface area contributed by atoms with Crippen LogP contribution in [0, 0.1) is 0 Å². The molecule has 2 unspecified atom stereocenters. The summed E-state index contributed by atoms with van der Waals surface area (Å²) in [7, 11) is 0. The van der Waals surface area contributed by atoms with Crippen molar-refractivity contribution in [3.8, 4) is 22.6 Å². The largest absolute Gasteiger partial charge is 0.484 e. The van der Waals surface area contributed by atoms with Gasteiger partial charge < -0.3 is 18.6 Å². The standard InChI is InChI=1S/C84H70N2O2/c1-5-9-10-12-27-63-44-52-73(53-45-63)86(71(8-4)35-20-29-61-25-13-11-14-26-61)74-56-49-67(50-57-74)66-47-54-72(55-48-66)85-59-24-30-62(28-19-32-65(7-3)75-38-23-40-79-77-37-16-18-42-82(77)88-84(75)79)43-46-70-60-69(51-58-80(70)85)64(6-2)31-21-33-68-34-22-39-78-76-36-15-17-41-81(76)87-83(68)78/h5-8,11-14,16,18-60,77,82H,1-4,9-10,15,17H2/b27-12+,28-19+,29-20+,33-21+,46-43?,59-24?,62-30?,64-31+,65-32+,71-35+. The SMILES string of the molecule is C=CCC/C=C/c1ccc(N(/C(C=C)=C/C=C/c2ccccc2)c2ccc(-c3ccc(-n4cccc(/C=C/C=C(\C=C)c5cccc6c5OC5C=CC=CC65)ccc5cc(/C(C=C)=C/C=C/c6cccc7c8c(oc67)=CCCC=8)ccc54)cc3)cc2)cc1. The number of aromatic nitrogens is 1. The number of hydrogen-bond acceptors (Lipinski definition) is 3. The molecule has 4 heteroatoms. The van der Waals surface area contributed by atoms with Crippen LogP contribution in [0.5, 0.6) is 5.75 Å². The van der Waals surface area contributed by atoms with Gasteiger partial charge in [0.15, 0.2) is 0 Å². The van der Waals surface area contributed by atoms with Crippen molar-refractivity contribution < 1.29 is 9.15 Å². The minimum Gasteiger partial charge on any atom is -0.484 e. The summed E-state index contributed by atoms with van der Waals surface area (Å²) in [4.78, 5) is 2.25. The number of para-hydroxylation sites is 2. The van der Waals surface area contributed by atoms with Gasteiger partial charge in [-0.1, -0.05) is 250 Å². The Bertz CT molecular complexity index is 4580. The van der Waals surface area contributed by atoms with Gasteiger partial charge in [-0.25, -0.2) is 0 Å². The number of furan rings is 1. The third-order valence-electron chi connectivity index (χ3n) is 16.3. The molecule has 0 radical (unpaired) electrons. The zero-order valence-electron chi connectivity index (χ0n) is 49.5. The summed E-state index contributed by atoms with van der Waals surface area (Å²) >= 11 is 0. The van der Waals surface area contributed by atoms with Crippen molar-refractivity contribution >= 4 is 80.8 Å². The van der Waals surface area contributed by atoms with E-state index < -0.39 is 0 Å². The fraction of sp³-hybridized carbons (Fsp3) is 0.0714. The molecule has 2 aliphatic carbocycles. The van der Waals surface area contributed by atoms with Crippen LogP contribution in [-0.4, -0.2) is 10.7 Å². The van der Waals surface area contributed by atoms with E-state index in [0.29, 0.717) is 0 Å². The summed E-state index contributed by atoms with van der Waals surface area (Å²) in [5.41, 5.74) is 18.8. The average molecular weight is 1140 g/mol. The Morgan fingerprint density at radius 3 is 2.03 bits per heavy atom. The molecule has 0 bridgehead atoms. The molecule has 0 saturated heterocycles. The highest BCUT2D eigenvalue weighted by Crippen LogP contribution is 2.45. The summed E-state index contributed by atoms with van der Waals surface area (Å²) in [5.74, 6) is 1.14. The molecule has 9 aromatic rings. The highest BCUT2D eigenvalue weighted by Gasteiger charge is 2.33. The summed E-state index contributed by atoms with van der Waals surface area (Å²) in [6.07, 6.45) is 50.2. The Balaban J connectivity index is 0.876. The fourth-order valence-electron chi connectivity index (χ4n) is 11.7. The molecule has 3 aliphatic rings. The van der Waals surface area contributed by atoms with E-state index in [2.05, 4.69) is 321 Å². The predicted octanol–water partition coefficient (Wildman–Crippen LogP) is 21.0. The molecule has 88 heavy (non-hydrogen) atoms. The Hall–Kier alpha value is -10.9. The molecule has 0 fully saturated rings. The molecule has 0 saturated carbocycles. The maximum absolute atomic E-state index is 6.53. The summed E-state index contributed by atoms with van der Waals surface area (Å²) in [5, 5.41) is 3.39. The van der Waals surface area contributed by atoms with Crippen LogP contribution in [0.3, 0.4) is 0 Å². The minimum absolute atomic E-state index is 0.00389. The highest BCUT2D eigenvalue weighted by molar-refractivity contribution is 5.90. The zero-order chi connectivity index (χ0) is 60.0. The van der Waals surface area contributed by atoms with E-state index in [1.165, 1.54) is 10.8 Å². The van der Waals surface area contributed by atoms with Gasteiger partial charge in [0.05, 0.1) is 5.52 Å². The molecule has 2 atom stereocenters. The van der Waals surface area contributed by atoms with Gasteiger partial charge in [0.2, 0.25) is 0 Å². The topological polar surface area (TPSA) is 30.5 Å². The minimum atomic E-state index is 0.00389. The molecular weight excluding hydrogens is 1070 g/mol. The molecular formula is C84H70N2O2. The van der Waals surface area contributed by atoms with Gasteiger partial charge in [0.25, 0.3) is 0 Å². The van der Waals surface area contributed by atoms with Crippen LogP contribution in [0.15, 0.2) is 316 Å². The predicted molar refractivity (Wildman–Crippen MR) is 377 cm³/mol. The van der Waals surface area contributed by atoms with Crippen LogP contribution in [0.25, 0.3) is 86.3 Å². The first-order valence-electron chi connectivity index (χ1n) is 30.3. The van der Waals surface area contributed by atoms with Gasteiger partial charge in [-0.3, -0.25) is 0 Å². The number of benzene rings is 7. The molecule has 12 rings (SSSR count). The van der Waals surface area contributed by atoms with Gasteiger partial charge in [-0.2, -0.15) is 0 Å². The molecule has 1 aliphatic heterocycles. The van der Waals surface area contributed by atoms with Crippen LogP contribution in [0.2, 0.25) is 0 Å². The second kappa shape index (κ2) is 27.4. The lowest BCUT2D eigenvalue weighted by Crippen LogP contribution is -2.21. The van der Waals surface area contributed by atoms with Gasteiger partial charge in [0, 0.05) is 62.2 Å². The molecule has 3 heterocycles. The lowest BCUT2D eigenvalue weighted by molar-refractivity contribution is 0.268. The number of ether oxygens (including phenoxy) is 1. The Labute approximate surface area is 517 Å². The molecule has 7 aromatic carbocycles. The van der Waals surface area contributed by atoms with Crippen LogP contribution in [0.4, 0.5) is 11.4 Å². The second-order valence-electron chi connectivity index (χ2n) is 21.9. The summed E-state index contributed by atoms with van der Waals surface area (Å²) < 4.78 is 15.2. The Morgan fingerprint density at radius 2 is 1.25 bits per heavy atom. The van der Waals surface area contributed by atoms with E-state index in [9.17, 15) is 0 Å². The van der Waals surface area contributed by atoms with Crippen molar-refractivity contribution in [3.63, 3.8) is 0 Å². The molecule has 4 nitrogen and oxygen atoms in total. The van der Waals surface area contributed by atoms with Crippen LogP contribution >= 0.6 is 0 Å². The van der Waals surface area contributed by atoms with Crippen LogP contribution in [-0.2, 0) is 0 Å². The normalized spacial score (nSPS) is 15.4. The first-order chi connectivity index (χ1) is 43.5. The lowest BCUT2D eigenvalue weighted by atomic mass is 9.90. The third kappa shape index (κ3) is 12.8. The van der Waals surface area contributed by atoms with E-state index in [0.717, 1.165) is 137 Å². The number of hydrogen-bond donors (Lipinski definition) is 0. The number of unbranched alkanes of at least 4 members (excludes halogenated alkanes) is 1. The molecule has 428 valence electrons. The van der Waals surface area contributed by atoms with E-state index in [-0.39, 0.29) is 12.0 Å². The van der Waals surface area contributed by atoms with E-state index >= 15 is 0 Å². The fourth-order valence-corrected chi connectivity index (χ4v) is 11.7. The van der Waals surface area contributed by atoms with Crippen molar-refractivity contribution in [1.29, 1.82) is 0 Å². The number of fused-ring (bicyclic) bond motifs is 7. The lowest BCUT2D eigenvalue weighted by Gasteiger charge is -2.26. The molecule has 0 N–H and O–H groups in total. The van der Waals surface area contributed by atoms with Gasteiger partial charge in [0.1, 0.15) is 22.9 Å². The quantitative estimate of drug-likeness (QED) is 0.0433. The van der Waals surface area contributed by atoms with Crippen molar-refractivity contribution in [2.75, 3.05) is 4.90 Å². The highest BCUT2D eigenvalue weighted by atomic mass is 16.5. The van der Waals surface area contributed by atoms with Gasteiger partial charge in [-0.05, 0) is 154 Å². The maximum Gasteiger partial charge on any atom is 0.142 e. The first kappa shape index (κ1) is 57.5. The average Bonchev–Trinajstić information content (AvgIpc) is 2.20. The number of rotatable bonds is 20. The molecule has 0 spiro atoms. The van der Waals surface area contributed by atoms with Crippen molar-refractivity contribution in [1.82, 2.24) is 4.57 Å². The van der Waals surface area contributed by atoms with E-state index in [1.54, 1.807) is 0 Å². The number of allylic oxidation sites excluding steroid dienone is 15. The zero-order valence-corrected chi connectivity index (χ0v) is 49.5. The van der Waals surface area contributed by atoms with Crippen LogP contribution < -0.4 is 20.3 Å². The van der Waals surface area contributed by atoms with Gasteiger partial charge >= 0.3 is 0 Å². The molecule has 0 amide bonds. The first-order valence-corrected chi connectivity index (χ1v) is 30.3. The summed E-state index contributed by atoms with van der Waals surface area (Å²) in [6.45, 7) is 16.6. The van der Waals surface area contributed by atoms with Crippen molar-refractivity contribution in [2.45, 2.75) is 37.7 Å².